The summed E-state index contributed by atoms with van der Waals surface area (Å²) in [7, 11) is 0. The van der Waals surface area contributed by atoms with E-state index in [9.17, 15) is 0 Å². The molecule has 0 saturated carbocycles. The summed E-state index contributed by atoms with van der Waals surface area (Å²) < 4.78 is 1.77. The Balaban J connectivity index is 1.79. The fourth-order valence-corrected chi connectivity index (χ4v) is 2.07. The lowest BCUT2D eigenvalue weighted by Crippen LogP contribution is -2.38. The van der Waals surface area contributed by atoms with E-state index in [1.807, 2.05) is 13.1 Å². The zero-order chi connectivity index (χ0) is 12.5. The van der Waals surface area contributed by atoms with Gasteiger partial charge in [0, 0.05) is 19.3 Å². The van der Waals surface area contributed by atoms with Crippen molar-refractivity contribution in [3.05, 3.63) is 30.0 Å². The van der Waals surface area contributed by atoms with Crippen LogP contribution in [0.3, 0.4) is 0 Å². The maximum atomic E-state index is 5.63. The molecule has 3 rings (SSSR count). The molecule has 18 heavy (non-hydrogen) atoms. The number of nitrogens with two attached hydrogens (primary N) is 1. The molecule has 1 aliphatic rings. The molecule has 2 aromatic rings. The monoisotopic (exact) mass is 244 g/mol. The third-order valence-corrected chi connectivity index (χ3v) is 3.10. The topological polar surface area (TPSA) is 72.9 Å². The average molecular weight is 244 g/mol. The summed E-state index contributed by atoms with van der Waals surface area (Å²) in [4.78, 5) is 11.3. The van der Waals surface area contributed by atoms with Crippen LogP contribution in [0.5, 0.6) is 0 Å². The van der Waals surface area contributed by atoms with Gasteiger partial charge >= 0.3 is 0 Å². The molecule has 0 atom stereocenters. The van der Waals surface area contributed by atoms with E-state index in [0.29, 0.717) is 12.2 Å². The molecule has 3 heterocycles. The summed E-state index contributed by atoms with van der Waals surface area (Å²) in [5.41, 5.74) is 8.17. The summed E-state index contributed by atoms with van der Waals surface area (Å²) in [6.07, 6.45) is 6.49. The van der Waals surface area contributed by atoms with Crippen molar-refractivity contribution in [1.82, 2.24) is 19.7 Å². The number of rotatable bonds is 3. The zero-order valence-electron chi connectivity index (χ0n) is 10.4. The fraction of sp³-hybridized carbons (Fsp3) is 0.417. The first-order chi connectivity index (χ1) is 8.72. The second-order valence-corrected chi connectivity index (χ2v) is 4.58. The average Bonchev–Trinajstić information content (AvgIpc) is 2.65. The van der Waals surface area contributed by atoms with Crippen LogP contribution in [0.2, 0.25) is 0 Å². The quantitative estimate of drug-likeness (QED) is 0.865. The Hall–Kier alpha value is -2.11. The van der Waals surface area contributed by atoms with Crippen molar-refractivity contribution in [3.8, 4) is 0 Å². The van der Waals surface area contributed by atoms with E-state index < -0.39 is 0 Å². The van der Waals surface area contributed by atoms with Crippen LogP contribution in [-0.4, -0.2) is 32.8 Å². The van der Waals surface area contributed by atoms with E-state index in [1.165, 1.54) is 6.42 Å². The number of aryl methyl sites for hydroxylation is 1. The molecule has 0 radical (unpaired) electrons. The first-order valence-corrected chi connectivity index (χ1v) is 6.08. The third kappa shape index (κ3) is 2.01. The van der Waals surface area contributed by atoms with Crippen molar-refractivity contribution in [3.63, 3.8) is 0 Å². The Morgan fingerprint density at radius 1 is 1.33 bits per heavy atom. The van der Waals surface area contributed by atoms with Crippen LogP contribution in [0.1, 0.15) is 17.8 Å². The molecular formula is C12H16N6. The molecule has 2 aromatic heterocycles. The van der Waals surface area contributed by atoms with Crippen LogP contribution in [0.25, 0.3) is 0 Å². The summed E-state index contributed by atoms with van der Waals surface area (Å²) in [6, 6.07) is 0. The van der Waals surface area contributed by atoms with Gasteiger partial charge in [-0.15, -0.1) is 0 Å². The Labute approximate surface area is 105 Å². The van der Waals surface area contributed by atoms with Gasteiger partial charge in [0.25, 0.3) is 0 Å². The molecule has 0 aliphatic carbocycles. The molecule has 0 amide bonds. The summed E-state index contributed by atoms with van der Waals surface area (Å²) in [5, 5.41) is 4.14. The number of hydrogen-bond donors (Lipinski definition) is 1. The van der Waals surface area contributed by atoms with Gasteiger partial charge in [0.05, 0.1) is 36.0 Å². The third-order valence-electron chi connectivity index (χ3n) is 3.10. The maximum Gasteiger partial charge on any atom is 0.150 e. The van der Waals surface area contributed by atoms with Gasteiger partial charge in [-0.3, -0.25) is 9.67 Å². The number of nitrogen functional groups attached to an aromatic ring is 1. The van der Waals surface area contributed by atoms with Crippen LogP contribution < -0.4 is 10.6 Å². The van der Waals surface area contributed by atoms with Crippen LogP contribution in [0.4, 0.5) is 11.5 Å². The molecule has 0 spiro atoms. The van der Waals surface area contributed by atoms with E-state index in [0.717, 1.165) is 30.3 Å². The normalized spacial score (nSPS) is 14.6. The molecule has 1 saturated heterocycles. The smallest absolute Gasteiger partial charge is 0.150 e. The van der Waals surface area contributed by atoms with Gasteiger partial charge < -0.3 is 10.6 Å². The standard InChI is InChI=1S/C12H16N6/c1-9-12(17-3-2-4-17)14-6-11(16-9)8-18-7-10(13)5-15-18/h5-7H,2-4,8,13H2,1H3. The Morgan fingerprint density at radius 3 is 2.72 bits per heavy atom. The summed E-state index contributed by atoms with van der Waals surface area (Å²) in [5.74, 6) is 1.00. The first-order valence-electron chi connectivity index (χ1n) is 6.08. The van der Waals surface area contributed by atoms with Crippen LogP contribution in [0, 0.1) is 6.92 Å². The minimum absolute atomic E-state index is 0.602. The fourth-order valence-electron chi connectivity index (χ4n) is 2.07. The molecule has 1 fully saturated rings. The molecule has 6 heteroatoms. The highest BCUT2D eigenvalue weighted by Crippen LogP contribution is 2.20. The molecule has 2 N–H and O–H groups in total. The van der Waals surface area contributed by atoms with Crippen molar-refractivity contribution < 1.29 is 0 Å². The lowest BCUT2D eigenvalue weighted by atomic mass is 10.2. The number of hydrogen-bond acceptors (Lipinski definition) is 5. The maximum absolute atomic E-state index is 5.63. The summed E-state index contributed by atoms with van der Waals surface area (Å²) >= 11 is 0. The highest BCUT2D eigenvalue weighted by molar-refractivity contribution is 5.45. The van der Waals surface area contributed by atoms with E-state index in [4.69, 9.17) is 5.73 Å². The summed E-state index contributed by atoms with van der Waals surface area (Å²) in [6.45, 7) is 4.78. The molecule has 6 nitrogen and oxygen atoms in total. The second-order valence-electron chi connectivity index (χ2n) is 4.58. The minimum Gasteiger partial charge on any atom is -0.396 e. The second kappa shape index (κ2) is 4.29. The largest absolute Gasteiger partial charge is 0.396 e. The van der Waals surface area contributed by atoms with Gasteiger partial charge in [-0.2, -0.15) is 5.10 Å². The van der Waals surface area contributed by atoms with Crippen molar-refractivity contribution >= 4 is 11.5 Å². The van der Waals surface area contributed by atoms with Gasteiger partial charge in [-0.25, -0.2) is 4.98 Å². The van der Waals surface area contributed by atoms with E-state index >= 15 is 0 Å². The molecule has 0 unspecified atom stereocenters. The molecule has 0 aromatic carbocycles. The number of anilines is 2. The SMILES string of the molecule is Cc1nc(Cn2cc(N)cn2)cnc1N1CCC1. The molecule has 0 bridgehead atoms. The van der Waals surface area contributed by atoms with Gasteiger partial charge in [-0.05, 0) is 13.3 Å². The van der Waals surface area contributed by atoms with Gasteiger partial charge in [0.15, 0.2) is 0 Å². The van der Waals surface area contributed by atoms with Crippen LogP contribution >= 0.6 is 0 Å². The highest BCUT2D eigenvalue weighted by atomic mass is 15.3. The van der Waals surface area contributed by atoms with Gasteiger partial charge in [-0.1, -0.05) is 0 Å². The van der Waals surface area contributed by atoms with E-state index in [1.54, 1.807) is 17.1 Å². The van der Waals surface area contributed by atoms with Gasteiger partial charge in [0.1, 0.15) is 5.82 Å². The minimum atomic E-state index is 0.602. The molecular weight excluding hydrogens is 228 g/mol. The number of aromatic nitrogens is 4. The van der Waals surface area contributed by atoms with Crippen molar-refractivity contribution in [2.24, 2.45) is 0 Å². The highest BCUT2D eigenvalue weighted by Gasteiger charge is 2.18. The van der Waals surface area contributed by atoms with E-state index in [-0.39, 0.29) is 0 Å². The van der Waals surface area contributed by atoms with Crippen LogP contribution in [0.15, 0.2) is 18.6 Å². The zero-order valence-corrected chi connectivity index (χ0v) is 10.4. The first kappa shape index (κ1) is 11.0. The van der Waals surface area contributed by atoms with Gasteiger partial charge in [0.2, 0.25) is 0 Å². The molecule has 1 aliphatic heterocycles. The van der Waals surface area contributed by atoms with E-state index in [2.05, 4.69) is 20.0 Å². The van der Waals surface area contributed by atoms with Crippen molar-refractivity contribution in [1.29, 1.82) is 0 Å². The predicted molar refractivity (Wildman–Crippen MR) is 69.3 cm³/mol. The Morgan fingerprint density at radius 2 is 2.17 bits per heavy atom. The molecule has 94 valence electrons. The predicted octanol–water partition coefficient (Wildman–Crippen LogP) is 0.822. The Kier molecular flexibility index (Phi) is 2.62. The van der Waals surface area contributed by atoms with Crippen molar-refractivity contribution in [2.45, 2.75) is 19.9 Å². The number of nitrogens with zero attached hydrogens (tertiary/aromatic N) is 5. The van der Waals surface area contributed by atoms with Crippen LogP contribution in [-0.2, 0) is 6.54 Å². The lowest BCUT2D eigenvalue weighted by molar-refractivity contribution is 0.602. The Bertz CT molecular complexity index is 557. The van der Waals surface area contributed by atoms with Crippen molar-refractivity contribution in [2.75, 3.05) is 23.7 Å². The lowest BCUT2D eigenvalue weighted by Gasteiger charge is -2.32.